The molecule has 0 amide bonds. The molecule has 1 heterocycles. The largest absolute Gasteiger partial charge is 0.361 e. The van der Waals surface area contributed by atoms with E-state index in [0.29, 0.717) is 6.04 Å². The van der Waals surface area contributed by atoms with Crippen LogP contribution in [0.2, 0.25) is 0 Å². The van der Waals surface area contributed by atoms with Crippen LogP contribution in [0.3, 0.4) is 0 Å². The number of rotatable bonds is 6. The zero-order valence-electron chi connectivity index (χ0n) is 10.5. The zero-order chi connectivity index (χ0) is 12.1. The number of hydrogen-bond acceptors (Lipinski definition) is 2. The van der Waals surface area contributed by atoms with Crippen LogP contribution in [-0.4, -0.2) is 23.0 Å². The lowest BCUT2D eigenvalue weighted by atomic mass is 10.1. The molecule has 92 valence electrons. The van der Waals surface area contributed by atoms with Crippen LogP contribution in [0.1, 0.15) is 18.9 Å². The quantitative estimate of drug-likeness (QED) is 0.820. The van der Waals surface area contributed by atoms with E-state index in [1.165, 1.54) is 28.6 Å². The van der Waals surface area contributed by atoms with Crippen LogP contribution in [0.5, 0.6) is 0 Å². The van der Waals surface area contributed by atoms with Gasteiger partial charge in [-0.2, -0.15) is 11.8 Å². The van der Waals surface area contributed by atoms with Crippen molar-refractivity contribution in [3.63, 3.8) is 0 Å². The number of hydrogen-bond donors (Lipinski definition) is 2. The van der Waals surface area contributed by atoms with E-state index in [0.717, 1.165) is 6.54 Å². The Morgan fingerprint density at radius 3 is 3.00 bits per heavy atom. The number of benzene rings is 1. The van der Waals surface area contributed by atoms with Crippen LogP contribution in [0.4, 0.5) is 0 Å². The number of aromatic amines is 1. The van der Waals surface area contributed by atoms with E-state index in [4.69, 9.17) is 0 Å². The lowest BCUT2D eigenvalue weighted by Gasteiger charge is -2.16. The van der Waals surface area contributed by atoms with Crippen LogP contribution >= 0.6 is 11.8 Å². The molecule has 2 rings (SSSR count). The fourth-order valence-electron chi connectivity index (χ4n) is 2.07. The Balaban J connectivity index is 2.05. The first-order chi connectivity index (χ1) is 8.35. The Labute approximate surface area is 107 Å². The molecular formula is C14H20N2S. The summed E-state index contributed by atoms with van der Waals surface area (Å²) in [6, 6.07) is 9.20. The fraction of sp³-hybridized carbons (Fsp3) is 0.429. The van der Waals surface area contributed by atoms with Crippen LogP contribution in [0, 0.1) is 0 Å². The molecule has 0 radical (unpaired) electrons. The Bertz CT molecular complexity index is 464. The van der Waals surface area contributed by atoms with Gasteiger partial charge in [-0.3, -0.25) is 0 Å². The van der Waals surface area contributed by atoms with Crippen molar-refractivity contribution in [2.45, 2.75) is 25.9 Å². The normalized spacial score (nSPS) is 13.1. The molecule has 0 saturated heterocycles. The van der Waals surface area contributed by atoms with E-state index in [2.05, 4.69) is 47.7 Å². The Morgan fingerprint density at radius 2 is 2.24 bits per heavy atom. The minimum absolute atomic E-state index is 0.607. The second kappa shape index (κ2) is 6.12. The van der Waals surface area contributed by atoms with Crippen molar-refractivity contribution < 1.29 is 0 Å². The number of thioether (sulfide) groups is 1. The second-order valence-corrected chi connectivity index (χ2v) is 5.21. The maximum absolute atomic E-state index is 3.63. The minimum atomic E-state index is 0.607. The van der Waals surface area contributed by atoms with E-state index in [-0.39, 0.29) is 0 Å². The van der Waals surface area contributed by atoms with Crippen molar-refractivity contribution in [1.29, 1.82) is 0 Å². The van der Waals surface area contributed by atoms with E-state index < -0.39 is 0 Å². The Kier molecular flexibility index (Phi) is 4.51. The highest BCUT2D eigenvalue weighted by Crippen LogP contribution is 2.17. The molecule has 0 bridgehead atoms. The molecule has 1 atom stereocenters. The summed E-state index contributed by atoms with van der Waals surface area (Å²) in [4.78, 5) is 3.32. The van der Waals surface area contributed by atoms with Crippen LogP contribution in [0.15, 0.2) is 30.5 Å². The number of para-hydroxylation sites is 1. The van der Waals surface area contributed by atoms with Crippen molar-refractivity contribution in [1.82, 2.24) is 10.3 Å². The summed E-state index contributed by atoms with van der Waals surface area (Å²) < 4.78 is 0. The van der Waals surface area contributed by atoms with Crippen LogP contribution < -0.4 is 5.32 Å². The van der Waals surface area contributed by atoms with Gasteiger partial charge in [-0.1, -0.05) is 25.1 Å². The summed E-state index contributed by atoms with van der Waals surface area (Å²) in [5.74, 6) is 1.18. The molecule has 0 spiro atoms. The average Bonchev–Trinajstić information content (AvgIpc) is 2.83. The van der Waals surface area contributed by atoms with Gasteiger partial charge in [0.1, 0.15) is 0 Å². The summed E-state index contributed by atoms with van der Waals surface area (Å²) >= 11 is 1.90. The molecule has 0 aliphatic rings. The predicted octanol–water partition coefficient (Wildman–Crippen LogP) is 3.40. The van der Waals surface area contributed by atoms with Gasteiger partial charge in [-0.25, -0.2) is 0 Å². The van der Waals surface area contributed by atoms with Crippen LogP contribution in [0.25, 0.3) is 10.9 Å². The first-order valence-electron chi connectivity index (χ1n) is 6.12. The molecule has 1 aromatic carbocycles. The fourth-order valence-corrected chi connectivity index (χ4v) is 2.83. The molecule has 3 heteroatoms. The molecule has 2 N–H and O–H groups in total. The standard InChI is InChI=1S/C14H20N2S/c1-3-13(10-17-2)16-9-12-6-4-5-11-7-8-15-14(11)12/h4-8,13,15-16H,3,9-10H2,1-2H3. The highest BCUT2D eigenvalue weighted by Gasteiger charge is 2.06. The summed E-state index contributed by atoms with van der Waals surface area (Å²) in [7, 11) is 0. The lowest BCUT2D eigenvalue weighted by molar-refractivity contribution is 0.542. The Hall–Kier alpha value is -0.930. The molecule has 1 aromatic heterocycles. The van der Waals surface area contributed by atoms with Gasteiger partial charge in [0.2, 0.25) is 0 Å². The van der Waals surface area contributed by atoms with Gasteiger partial charge < -0.3 is 10.3 Å². The third kappa shape index (κ3) is 3.05. The molecule has 2 nitrogen and oxygen atoms in total. The van der Waals surface area contributed by atoms with Crippen molar-refractivity contribution in [3.8, 4) is 0 Å². The molecule has 0 fully saturated rings. The smallest absolute Gasteiger partial charge is 0.0499 e. The van der Waals surface area contributed by atoms with E-state index in [1.54, 1.807) is 0 Å². The highest BCUT2D eigenvalue weighted by atomic mass is 32.2. The summed E-state index contributed by atoms with van der Waals surface area (Å²) in [5.41, 5.74) is 2.62. The highest BCUT2D eigenvalue weighted by molar-refractivity contribution is 7.98. The molecule has 2 aromatic rings. The van der Waals surface area contributed by atoms with Gasteiger partial charge in [-0.15, -0.1) is 0 Å². The van der Waals surface area contributed by atoms with E-state index in [1.807, 2.05) is 18.0 Å². The average molecular weight is 248 g/mol. The monoisotopic (exact) mass is 248 g/mol. The van der Waals surface area contributed by atoms with Crippen molar-refractivity contribution in [2.24, 2.45) is 0 Å². The van der Waals surface area contributed by atoms with Crippen LogP contribution in [-0.2, 0) is 6.54 Å². The van der Waals surface area contributed by atoms with Gasteiger partial charge in [0.05, 0.1) is 0 Å². The van der Waals surface area contributed by atoms with E-state index in [9.17, 15) is 0 Å². The van der Waals surface area contributed by atoms with Gasteiger partial charge in [0, 0.05) is 30.1 Å². The SMILES string of the molecule is CCC(CSC)NCc1cccc2cc[nH]c12. The van der Waals surface area contributed by atoms with Gasteiger partial charge in [0.15, 0.2) is 0 Å². The molecule has 17 heavy (non-hydrogen) atoms. The van der Waals surface area contributed by atoms with Gasteiger partial charge in [-0.05, 0) is 29.7 Å². The predicted molar refractivity (Wildman–Crippen MR) is 77.6 cm³/mol. The van der Waals surface area contributed by atoms with Crippen molar-refractivity contribution in [2.75, 3.05) is 12.0 Å². The molecule has 0 saturated carbocycles. The van der Waals surface area contributed by atoms with E-state index >= 15 is 0 Å². The van der Waals surface area contributed by atoms with Gasteiger partial charge in [0.25, 0.3) is 0 Å². The number of H-pyrrole nitrogens is 1. The summed E-state index contributed by atoms with van der Waals surface area (Å²) in [6.45, 7) is 3.18. The molecule has 0 aliphatic carbocycles. The minimum Gasteiger partial charge on any atom is -0.361 e. The zero-order valence-corrected chi connectivity index (χ0v) is 11.3. The second-order valence-electron chi connectivity index (χ2n) is 4.30. The summed E-state index contributed by atoms with van der Waals surface area (Å²) in [6.07, 6.45) is 5.35. The molecular weight excluding hydrogens is 228 g/mol. The molecule has 1 unspecified atom stereocenters. The Morgan fingerprint density at radius 1 is 1.35 bits per heavy atom. The lowest BCUT2D eigenvalue weighted by Crippen LogP contribution is -2.30. The number of fused-ring (bicyclic) bond motifs is 1. The third-order valence-corrected chi connectivity index (χ3v) is 3.85. The maximum atomic E-state index is 3.63. The third-order valence-electron chi connectivity index (χ3n) is 3.12. The molecule has 0 aliphatic heterocycles. The number of nitrogens with one attached hydrogen (secondary N) is 2. The van der Waals surface area contributed by atoms with Crippen molar-refractivity contribution in [3.05, 3.63) is 36.0 Å². The van der Waals surface area contributed by atoms with Crippen molar-refractivity contribution >= 4 is 22.7 Å². The first kappa shape index (κ1) is 12.5. The first-order valence-corrected chi connectivity index (χ1v) is 7.51. The number of aromatic nitrogens is 1. The van der Waals surface area contributed by atoms with Gasteiger partial charge >= 0.3 is 0 Å². The topological polar surface area (TPSA) is 27.8 Å². The summed E-state index contributed by atoms with van der Waals surface area (Å²) in [5, 5.41) is 4.92. The maximum Gasteiger partial charge on any atom is 0.0499 e.